The van der Waals surface area contributed by atoms with E-state index in [2.05, 4.69) is 18.8 Å². The molecule has 132 valence electrons. The van der Waals surface area contributed by atoms with E-state index in [1.54, 1.807) is 0 Å². The fraction of sp³-hybridized carbons (Fsp3) is 0.800. The molecule has 0 aliphatic carbocycles. The molecule has 1 saturated heterocycles. The monoisotopic (exact) mass is 324 g/mol. The summed E-state index contributed by atoms with van der Waals surface area (Å²) in [5.41, 5.74) is 0. The van der Waals surface area contributed by atoms with Gasteiger partial charge in [0.15, 0.2) is 6.29 Å². The van der Waals surface area contributed by atoms with E-state index in [4.69, 9.17) is 9.47 Å². The van der Waals surface area contributed by atoms with Gasteiger partial charge in [-0.15, -0.1) is 0 Å². The normalized spacial score (nSPS) is 18.5. The summed E-state index contributed by atoms with van der Waals surface area (Å²) in [6.45, 7) is 3.31. The molecule has 2 nitrogen and oxygen atoms in total. The zero-order chi connectivity index (χ0) is 16.6. The van der Waals surface area contributed by atoms with Gasteiger partial charge in [-0.2, -0.15) is 0 Å². The predicted octanol–water partition coefficient (Wildman–Crippen LogP) is 5.92. The SMILES string of the molecule is CCCCCCCCCC/C(F)=C\C#CCOC1CCCCO1. The Morgan fingerprint density at radius 3 is 2.57 bits per heavy atom. The summed E-state index contributed by atoms with van der Waals surface area (Å²) in [7, 11) is 0. The van der Waals surface area contributed by atoms with Crippen LogP contribution in [0.3, 0.4) is 0 Å². The summed E-state index contributed by atoms with van der Waals surface area (Å²) in [5.74, 6) is 5.44. The van der Waals surface area contributed by atoms with Crippen LogP contribution in [0.2, 0.25) is 0 Å². The third-order valence-corrected chi connectivity index (χ3v) is 4.08. The molecule has 0 aromatic carbocycles. The van der Waals surface area contributed by atoms with Gasteiger partial charge in [0, 0.05) is 12.7 Å². The van der Waals surface area contributed by atoms with Crippen LogP contribution in [0.5, 0.6) is 0 Å². The molecule has 1 rings (SSSR count). The van der Waals surface area contributed by atoms with Crippen LogP contribution in [0.25, 0.3) is 0 Å². The lowest BCUT2D eigenvalue weighted by molar-refractivity contribution is -0.154. The first-order chi connectivity index (χ1) is 11.3. The van der Waals surface area contributed by atoms with Gasteiger partial charge in [0.1, 0.15) is 12.4 Å². The maximum absolute atomic E-state index is 13.6. The highest BCUT2D eigenvalue weighted by Gasteiger charge is 2.12. The molecule has 0 aromatic heterocycles. The fourth-order valence-corrected chi connectivity index (χ4v) is 2.65. The summed E-state index contributed by atoms with van der Waals surface area (Å²) in [5, 5.41) is 0. The standard InChI is InChI=1S/C20H33FO2/c1-2-3-4-5-6-7-8-9-14-19(21)15-10-12-17-22-20-16-11-13-18-23-20/h15,20H,2-9,11,13-14,16-18H2,1H3/b19-15+. The lowest BCUT2D eigenvalue weighted by atomic mass is 10.1. The minimum Gasteiger partial charge on any atom is -0.353 e. The van der Waals surface area contributed by atoms with E-state index >= 15 is 0 Å². The summed E-state index contributed by atoms with van der Waals surface area (Å²) >= 11 is 0. The minimum absolute atomic E-state index is 0.114. The smallest absolute Gasteiger partial charge is 0.158 e. The Hall–Kier alpha value is -0.850. The zero-order valence-electron chi connectivity index (χ0n) is 14.7. The Morgan fingerprint density at radius 2 is 1.87 bits per heavy atom. The highest BCUT2D eigenvalue weighted by molar-refractivity contribution is 5.18. The average Bonchev–Trinajstić information content (AvgIpc) is 2.58. The number of rotatable bonds is 11. The summed E-state index contributed by atoms with van der Waals surface area (Å²) in [6.07, 6.45) is 14.8. The first kappa shape index (κ1) is 20.2. The Bertz CT molecular complexity index is 362. The largest absolute Gasteiger partial charge is 0.353 e. The number of hydrogen-bond donors (Lipinski definition) is 0. The lowest BCUT2D eigenvalue weighted by Gasteiger charge is -2.21. The first-order valence-corrected chi connectivity index (χ1v) is 9.39. The molecule has 1 atom stereocenters. The molecule has 1 unspecified atom stereocenters. The molecule has 1 heterocycles. The lowest BCUT2D eigenvalue weighted by Crippen LogP contribution is -2.22. The molecule has 0 bridgehead atoms. The molecule has 23 heavy (non-hydrogen) atoms. The van der Waals surface area contributed by atoms with Crippen LogP contribution in [0.4, 0.5) is 4.39 Å². The van der Waals surface area contributed by atoms with Crippen LogP contribution in [0.15, 0.2) is 11.9 Å². The number of unbranched alkanes of at least 4 members (excludes halogenated alkanes) is 7. The fourth-order valence-electron chi connectivity index (χ4n) is 2.65. The quantitative estimate of drug-likeness (QED) is 0.347. The second-order valence-corrected chi connectivity index (χ2v) is 6.24. The van der Waals surface area contributed by atoms with E-state index in [0.29, 0.717) is 13.0 Å². The van der Waals surface area contributed by atoms with E-state index < -0.39 is 0 Å². The van der Waals surface area contributed by atoms with Gasteiger partial charge in [-0.3, -0.25) is 0 Å². The van der Waals surface area contributed by atoms with Crippen molar-refractivity contribution in [2.24, 2.45) is 0 Å². The Morgan fingerprint density at radius 1 is 1.13 bits per heavy atom. The van der Waals surface area contributed by atoms with Crippen LogP contribution in [0.1, 0.15) is 84.0 Å². The highest BCUT2D eigenvalue weighted by Crippen LogP contribution is 2.14. The van der Waals surface area contributed by atoms with Crippen LogP contribution < -0.4 is 0 Å². The van der Waals surface area contributed by atoms with Crippen molar-refractivity contribution >= 4 is 0 Å². The van der Waals surface area contributed by atoms with Crippen molar-refractivity contribution in [3.8, 4) is 11.8 Å². The Kier molecular flexibility index (Phi) is 12.9. The van der Waals surface area contributed by atoms with Crippen molar-refractivity contribution in [3.05, 3.63) is 11.9 Å². The number of allylic oxidation sites excluding steroid dienone is 2. The maximum atomic E-state index is 13.6. The second kappa shape index (κ2) is 14.7. The third-order valence-electron chi connectivity index (χ3n) is 4.08. The molecule has 0 saturated carbocycles. The predicted molar refractivity (Wildman–Crippen MR) is 93.7 cm³/mol. The molecule has 1 fully saturated rings. The summed E-state index contributed by atoms with van der Waals surface area (Å²) in [4.78, 5) is 0. The van der Waals surface area contributed by atoms with Gasteiger partial charge in [-0.25, -0.2) is 4.39 Å². The number of ether oxygens (including phenoxy) is 2. The number of halogens is 1. The van der Waals surface area contributed by atoms with E-state index in [1.807, 2.05) is 0 Å². The van der Waals surface area contributed by atoms with Crippen LogP contribution in [0, 0.1) is 11.8 Å². The van der Waals surface area contributed by atoms with Gasteiger partial charge in [-0.1, -0.05) is 63.7 Å². The molecule has 0 aromatic rings. The van der Waals surface area contributed by atoms with Gasteiger partial charge in [0.25, 0.3) is 0 Å². The molecule has 3 heteroatoms. The Balaban J connectivity index is 1.96. The van der Waals surface area contributed by atoms with Crippen molar-refractivity contribution < 1.29 is 13.9 Å². The maximum Gasteiger partial charge on any atom is 0.158 e. The van der Waals surface area contributed by atoms with E-state index in [-0.39, 0.29) is 12.1 Å². The van der Waals surface area contributed by atoms with Gasteiger partial charge < -0.3 is 9.47 Å². The molecular formula is C20H33FO2. The van der Waals surface area contributed by atoms with Gasteiger partial charge in [-0.05, 0) is 32.1 Å². The van der Waals surface area contributed by atoms with Crippen molar-refractivity contribution in [2.75, 3.05) is 13.2 Å². The molecule has 0 radical (unpaired) electrons. The van der Waals surface area contributed by atoms with Crippen LogP contribution in [-0.2, 0) is 9.47 Å². The molecule has 1 aliphatic heterocycles. The summed E-state index contributed by atoms with van der Waals surface area (Å²) in [6, 6.07) is 0. The molecular weight excluding hydrogens is 291 g/mol. The van der Waals surface area contributed by atoms with E-state index in [0.717, 1.165) is 38.7 Å². The van der Waals surface area contributed by atoms with Gasteiger partial charge in [0.05, 0.1) is 0 Å². The average molecular weight is 324 g/mol. The van der Waals surface area contributed by atoms with Crippen molar-refractivity contribution in [3.63, 3.8) is 0 Å². The molecule has 0 N–H and O–H groups in total. The van der Waals surface area contributed by atoms with Gasteiger partial charge >= 0.3 is 0 Å². The van der Waals surface area contributed by atoms with Crippen LogP contribution >= 0.6 is 0 Å². The molecule has 0 spiro atoms. The van der Waals surface area contributed by atoms with E-state index in [1.165, 1.54) is 44.6 Å². The summed E-state index contributed by atoms with van der Waals surface area (Å²) < 4.78 is 24.5. The van der Waals surface area contributed by atoms with Gasteiger partial charge in [0.2, 0.25) is 0 Å². The minimum atomic E-state index is -0.121. The Labute approximate surface area is 141 Å². The number of hydrogen-bond acceptors (Lipinski definition) is 2. The third kappa shape index (κ3) is 12.3. The van der Waals surface area contributed by atoms with E-state index in [9.17, 15) is 4.39 Å². The second-order valence-electron chi connectivity index (χ2n) is 6.24. The van der Waals surface area contributed by atoms with Crippen molar-refractivity contribution in [1.29, 1.82) is 0 Å². The topological polar surface area (TPSA) is 18.5 Å². The molecule has 0 amide bonds. The zero-order valence-corrected chi connectivity index (χ0v) is 14.7. The molecule has 1 aliphatic rings. The van der Waals surface area contributed by atoms with Crippen LogP contribution in [-0.4, -0.2) is 19.5 Å². The van der Waals surface area contributed by atoms with Crippen molar-refractivity contribution in [2.45, 2.75) is 90.3 Å². The highest BCUT2D eigenvalue weighted by atomic mass is 19.1. The first-order valence-electron chi connectivity index (χ1n) is 9.39. The van der Waals surface area contributed by atoms with Crippen molar-refractivity contribution in [1.82, 2.24) is 0 Å².